The molecule has 0 unspecified atom stereocenters. The average molecular weight is 404 g/mol. The van der Waals surface area contributed by atoms with Gasteiger partial charge in [-0.15, -0.1) is 0 Å². The highest BCUT2D eigenvalue weighted by molar-refractivity contribution is 5.91. The van der Waals surface area contributed by atoms with Crippen molar-refractivity contribution < 1.29 is 9.59 Å². The van der Waals surface area contributed by atoms with Gasteiger partial charge in [0.15, 0.2) is 5.65 Å². The lowest BCUT2D eigenvalue weighted by atomic mass is 10.1. The number of carbonyl (C=O) groups excluding carboxylic acids is 2. The summed E-state index contributed by atoms with van der Waals surface area (Å²) in [6.07, 6.45) is 2.28. The number of para-hydroxylation sites is 1. The molecule has 2 heterocycles. The number of hydrogen-bond acceptors (Lipinski definition) is 5. The molecule has 0 atom stereocenters. The van der Waals surface area contributed by atoms with Crippen LogP contribution >= 0.6 is 0 Å². The summed E-state index contributed by atoms with van der Waals surface area (Å²) in [6.45, 7) is 5.72. The topological polar surface area (TPSA) is 103 Å². The maximum absolute atomic E-state index is 12.6. The van der Waals surface area contributed by atoms with Gasteiger partial charge in [0.25, 0.3) is 0 Å². The van der Waals surface area contributed by atoms with Gasteiger partial charge in [-0.3, -0.25) is 9.59 Å². The normalized spacial score (nSPS) is 10.6. The van der Waals surface area contributed by atoms with Crippen molar-refractivity contribution in [2.24, 2.45) is 0 Å². The molecule has 2 aromatic heterocycles. The summed E-state index contributed by atoms with van der Waals surface area (Å²) < 4.78 is 1.64. The van der Waals surface area contributed by atoms with E-state index in [-0.39, 0.29) is 18.2 Å². The molecule has 2 amide bonds. The second-order valence-corrected chi connectivity index (χ2v) is 7.25. The SMILES string of the molecule is CC(=O)N(C)Cc1ccccc1NC(=O)CCc1c(C)nc2c(C#N)cnn2c1C. The maximum Gasteiger partial charge on any atom is 0.224 e. The van der Waals surface area contributed by atoms with Crippen LogP contribution in [-0.4, -0.2) is 38.4 Å². The minimum atomic E-state index is -0.120. The number of nitrogens with zero attached hydrogens (tertiary/aromatic N) is 5. The molecule has 0 saturated carbocycles. The molecule has 0 fully saturated rings. The third-order valence-electron chi connectivity index (χ3n) is 5.17. The van der Waals surface area contributed by atoms with Gasteiger partial charge in [-0.05, 0) is 37.5 Å². The number of fused-ring (bicyclic) bond motifs is 1. The van der Waals surface area contributed by atoms with Crippen molar-refractivity contribution in [1.82, 2.24) is 19.5 Å². The summed E-state index contributed by atoms with van der Waals surface area (Å²) in [5.74, 6) is -0.159. The Kier molecular flexibility index (Phi) is 6.11. The predicted molar refractivity (Wildman–Crippen MR) is 113 cm³/mol. The molecule has 0 saturated heterocycles. The smallest absolute Gasteiger partial charge is 0.224 e. The van der Waals surface area contributed by atoms with Gasteiger partial charge in [-0.25, -0.2) is 9.50 Å². The summed E-state index contributed by atoms with van der Waals surface area (Å²) >= 11 is 0. The Morgan fingerprint density at radius 2 is 2.00 bits per heavy atom. The Morgan fingerprint density at radius 3 is 2.70 bits per heavy atom. The molecule has 0 aliphatic carbocycles. The molecule has 1 aromatic carbocycles. The first-order valence-electron chi connectivity index (χ1n) is 9.65. The molecule has 154 valence electrons. The van der Waals surface area contributed by atoms with Crippen molar-refractivity contribution in [3.05, 3.63) is 58.5 Å². The van der Waals surface area contributed by atoms with Gasteiger partial charge in [0, 0.05) is 44.0 Å². The first-order valence-corrected chi connectivity index (χ1v) is 9.65. The van der Waals surface area contributed by atoms with E-state index >= 15 is 0 Å². The molecule has 1 N–H and O–H groups in total. The van der Waals surface area contributed by atoms with Crippen molar-refractivity contribution in [3.63, 3.8) is 0 Å². The molecular formula is C22H24N6O2. The third kappa shape index (κ3) is 4.30. The quantitative estimate of drug-likeness (QED) is 0.680. The molecular weight excluding hydrogens is 380 g/mol. The number of nitriles is 1. The number of nitrogens with one attached hydrogen (secondary N) is 1. The Hall–Kier alpha value is -3.73. The Bertz CT molecular complexity index is 1160. The van der Waals surface area contributed by atoms with Gasteiger partial charge >= 0.3 is 0 Å². The average Bonchev–Trinajstić information content (AvgIpc) is 3.12. The minimum absolute atomic E-state index is 0.0388. The minimum Gasteiger partial charge on any atom is -0.342 e. The van der Waals surface area contributed by atoms with Crippen LogP contribution in [0.3, 0.4) is 0 Å². The zero-order chi connectivity index (χ0) is 21.8. The van der Waals surface area contributed by atoms with Crippen molar-refractivity contribution in [3.8, 4) is 6.07 Å². The molecule has 8 nitrogen and oxygen atoms in total. The van der Waals surface area contributed by atoms with Crippen LogP contribution < -0.4 is 5.32 Å². The van der Waals surface area contributed by atoms with Crippen molar-refractivity contribution >= 4 is 23.1 Å². The van der Waals surface area contributed by atoms with Crippen molar-refractivity contribution in [1.29, 1.82) is 5.26 Å². The van der Waals surface area contributed by atoms with Crippen LogP contribution in [0.4, 0.5) is 5.69 Å². The monoisotopic (exact) mass is 404 g/mol. The van der Waals surface area contributed by atoms with Gasteiger partial charge in [0.1, 0.15) is 11.6 Å². The molecule has 0 bridgehead atoms. The highest BCUT2D eigenvalue weighted by atomic mass is 16.2. The molecule has 8 heteroatoms. The zero-order valence-corrected chi connectivity index (χ0v) is 17.6. The van der Waals surface area contributed by atoms with Crippen molar-refractivity contribution in [2.45, 2.75) is 40.2 Å². The van der Waals surface area contributed by atoms with Gasteiger partial charge in [0.05, 0.1) is 6.20 Å². The van der Waals surface area contributed by atoms with E-state index in [1.807, 2.05) is 38.1 Å². The Labute approximate surface area is 175 Å². The summed E-state index contributed by atoms with van der Waals surface area (Å²) in [4.78, 5) is 30.2. The number of benzene rings is 1. The molecule has 0 spiro atoms. The molecule has 0 aliphatic rings. The number of carbonyl (C=O) groups is 2. The summed E-state index contributed by atoms with van der Waals surface area (Å²) in [6, 6.07) is 9.55. The van der Waals surface area contributed by atoms with E-state index in [0.717, 1.165) is 22.5 Å². The number of aromatic nitrogens is 3. The fourth-order valence-corrected chi connectivity index (χ4v) is 3.35. The van der Waals surface area contributed by atoms with Crippen LogP contribution in [0.1, 0.15) is 41.4 Å². The molecule has 3 rings (SSSR count). The highest BCUT2D eigenvalue weighted by Crippen LogP contribution is 2.20. The second-order valence-electron chi connectivity index (χ2n) is 7.25. The van der Waals surface area contributed by atoms with Gasteiger partial charge in [-0.2, -0.15) is 10.4 Å². The van der Waals surface area contributed by atoms with Gasteiger partial charge in [0.2, 0.25) is 11.8 Å². The van der Waals surface area contributed by atoms with Crippen LogP contribution in [0.15, 0.2) is 30.5 Å². The van der Waals surface area contributed by atoms with Crippen LogP contribution in [0, 0.1) is 25.2 Å². The fourth-order valence-electron chi connectivity index (χ4n) is 3.35. The lowest BCUT2D eigenvalue weighted by Crippen LogP contribution is -2.24. The number of rotatable bonds is 6. The van der Waals surface area contributed by atoms with E-state index in [9.17, 15) is 14.9 Å². The van der Waals surface area contributed by atoms with E-state index in [1.165, 1.54) is 13.1 Å². The van der Waals surface area contributed by atoms with E-state index in [0.29, 0.717) is 29.9 Å². The number of amides is 2. The van der Waals surface area contributed by atoms with Crippen LogP contribution in [0.2, 0.25) is 0 Å². The summed E-state index contributed by atoms with van der Waals surface area (Å²) in [5, 5.41) is 16.4. The standard InChI is InChI=1S/C22H24N6O2/c1-14-19(15(2)28-22(25-14)18(11-23)12-24-28)9-10-21(30)26-20-8-6-5-7-17(20)13-27(4)16(3)29/h5-8,12H,9-10,13H2,1-4H3,(H,26,30). The second kappa shape index (κ2) is 8.74. The fraction of sp³-hybridized carbons (Fsp3) is 0.318. The van der Waals surface area contributed by atoms with Crippen LogP contribution in [0.5, 0.6) is 0 Å². The highest BCUT2D eigenvalue weighted by Gasteiger charge is 2.15. The molecule has 30 heavy (non-hydrogen) atoms. The van der Waals surface area contributed by atoms with E-state index < -0.39 is 0 Å². The largest absolute Gasteiger partial charge is 0.342 e. The lowest BCUT2D eigenvalue weighted by molar-refractivity contribution is -0.128. The van der Waals surface area contributed by atoms with Gasteiger partial charge in [-0.1, -0.05) is 18.2 Å². The van der Waals surface area contributed by atoms with Crippen LogP contribution in [0.25, 0.3) is 5.65 Å². The number of aryl methyl sites for hydroxylation is 2. The predicted octanol–water partition coefficient (Wildman–Crippen LogP) is 2.77. The molecule has 0 aliphatic heterocycles. The number of anilines is 1. The molecule has 3 aromatic rings. The number of hydrogen-bond donors (Lipinski definition) is 1. The van der Waals surface area contributed by atoms with Crippen LogP contribution in [-0.2, 0) is 22.6 Å². The third-order valence-corrected chi connectivity index (χ3v) is 5.17. The summed E-state index contributed by atoms with van der Waals surface area (Å²) in [7, 11) is 1.72. The lowest BCUT2D eigenvalue weighted by Gasteiger charge is -2.18. The van der Waals surface area contributed by atoms with E-state index in [1.54, 1.807) is 16.5 Å². The maximum atomic E-state index is 12.6. The summed E-state index contributed by atoms with van der Waals surface area (Å²) in [5.41, 5.74) is 5.13. The van der Waals surface area contributed by atoms with E-state index in [4.69, 9.17) is 0 Å². The van der Waals surface area contributed by atoms with E-state index in [2.05, 4.69) is 21.5 Å². The van der Waals surface area contributed by atoms with Gasteiger partial charge < -0.3 is 10.2 Å². The Morgan fingerprint density at radius 1 is 1.27 bits per heavy atom. The zero-order valence-electron chi connectivity index (χ0n) is 17.6. The molecule has 0 radical (unpaired) electrons. The Balaban J connectivity index is 1.73. The first-order chi connectivity index (χ1) is 14.3. The van der Waals surface area contributed by atoms with Crippen molar-refractivity contribution in [2.75, 3.05) is 12.4 Å². The first kappa shape index (κ1) is 21.0.